The van der Waals surface area contributed by atoms with Gasteiger partial charge in [0.15, 0.2) is 0 Å². The number of hydrogen-bond acceptors (Lipinski definition) is 4. The number of ether oxygens (including phenoxy) is 1. The molecule has 0 saturated heterocycles. The summed E-state index contributed by atoms with van der Waals surface area (Å²) in [5.41, 5.74) is 3.22. The fourth-order valence-corrected chi connectivity index (χ4v) is 3.83. The molecule has 0 fully saturated rings. The molecule has 30 heavy (non-hydrogen) atoms. The van der Waals surface area contributed by atoms with E-state index in [4.69, 9.17) is 4.74 Å². The molecule has 1 N–H and O–H groups in total. The van der Waals surface area contributed by atoms with Gasteiger partial charge in [-0.25, -0.2) is 4.79 Å². The van der Waals surface area contributed by atoms with Gasteiger partial charge in [0.1, 0.15) is 5.75 Å². The first-order valence-corrected chi connectivity index (χ1v) is 10.7. The minimum absolute atomic E-state index is 0.0330. The molecule has 2 rings (SSSR count). The molecule has 0 radical (unpaired) electrons. The first-order chi connectivity index (χ1) is 14.2. The van der Waals surface area contributed by atoms with Crippen LogP contribution in [0.3, 0.4) is 0 Å². The maximum Gasteiger partial charge on any atom is 0.338 e. The largest absolute Gasteiger partial charge is 0.423 e. The lowest BCUT2D eigenvalue weighted by Gasteiger charge is -2.32. The number of hydrogen-bond donors (Lipinski definition) is 1. The fraction of sp³-hybridized carbons (Fsp3) is 0.423. The smallest absolute Gasteiger partial charge is 0.338 e. The standard InChI is InChI=1S/C26H35NO3/c1-18(2)26(29)30-25-13-12-21(17-28)16-24(25)23(22-10-8-7-9-11-22)14-15-27(19(3)4)20(5)6/h7-13,16,19-20,23,28H,1,14-15,17H2,2-6H3. The number of nitrogens with zero attached hydrogens (tertiary/aromatic N) is 1. The van der Waals surface area contributed by atoms with Gasteiger partial charge < -0.3 is 9.84 Å². The van der Waals surface area contributed by atoms with Crippen molar-refractivity contribution in [3.05, 3.63) is 77.4 Å². The Morgan fingerprint density at radius 1 is 1.07 bits per heavy atom. The van der Waals surface area contributed by atoms with Crippen LogP contribution in [0.15, 0.2) is 60.7 Å². The van der Waals surface area contributed by atoms with Gasteiger partial charge in [0.25, 0.3) is 0 Å². The summed E-state index contributed by atoms with van der Waals surface area (Å²) in [5.74, 6) is 0.117. The van der Waals surface area contributed by atoms with Crippen molar-refractivity contribution in [3.8, 4) is 5.75 Å². The first kappa shape index (κ1) is 23.8. The van der Waals surface area contributed by atoms with Crippen molar-refractivity contribution in [2.24, 2.45) is 0 Å². The van der Waals surface area contributed by atoms with Gasteiger partial charge in [-0.1, -0.05) is 43.0 Å². The van der Waals surface area contributed by atoms with Crippen LogP contribution in [0.25, 0.3) is 0 Å². The van der Waals surface area contributed by atoms with Crippen LogP contribution in [0, 0.1) is 0 Å². The lowest BCUT2D eigenvalue weighted by atomic mass is 9.86. The highest BCUT2D eigenvalue weighted by atomic mass is 16.5. The lowest BCUT2D eigenvalue weighted by Crippen LogP contribution is -2.38. The van der Waals surface area contributed by atoms with Crippen LogP contribution in [0.1, 0.15) is 63.6 Å². The van der Waals surface area contributed by atoms with Gasteiger partial charge in [-0.15, -0.1) is 0 Å². The second kappa shape index (κ2) is 11.1. The van der Waals surface area contributed by atoms with E-state index in [0.717, 1.165) is 29.7 Å². The Labute approximate surface area is 181 Å². The van der Waals surface area contributed by atoms with Crippen LogP contribution < -0.4 is 4.74 Å². The van der Waals surface area contributed by atoms with Crippen molar-refractivity contribution >= 4 is 5.97 Å². The zero-order valence-electron chi connectivity index (χ0n) is 18.9. The molecule has 0 aliphatic carbocycles. The highest BCUT2D eigenvalue weighted by molar-refractivity contribution is 5.89. The van der Waals surface area contributed by atoms with Gasteiger partial charge in [-0.2, -0.15) is 0 Å². The van der Waals surface area contributed by atoms with E-state index < -0.39 is 5.97 Å². The molecule has 0 aromatic heterocycles. The quantitative estimate of drug-likeness (QED) is 0.329. The Morgan fingerprint density at radius 2 is 1.70 bits per heavy atom. The minimum atomic E-state index is -0.439. The molecule has 4 heteroatoms. The summed E-state index contributed by atoms with van der Waals surface area (Å²) in [6.45, 7) is 15.0. The number of esters is 1. The summed E-state index contributed by atoms with van der Waals surface area (Å²) >= 11 is 0. The van der Waals surface area contributed by atoms with Gasteiger partial charge in [0.05, 0.1) is 6.61 Å². The summed E-state index contributed by atoms with van der Waals surface area (Å²) in [5, 5.41) is 9.71. The molecule has 2 aromatic carbocycles. The molecule has 0 aliphatic heterocycles. The number of carbonyl (C=O) groups is 1. The van der Waals surface area contributed by atoms with Crippen LogP contribution in [-0.4, -0.2) is 34.6 Å². The topological polar surface area (TPSA) is 49.8 Å². The third kappa shape index (κ3) is 6.28. The van der Waals surface area contributed by atoms with Crippen LogP contribution in [0.2, 0.25) is 0 Å². The predicted molar refractivity (Wildman–Crippen MR) is 123 cm³/mol. The number of aliphatic hydroxyl groups is 1. The van der Waals surface area contributed by atoms with Crippen molar-refractivity contribution in [1.82, 2.24) is 4.90 Å². The number of carbonyl (C=O) groups excluding carboxylic acids is 1. The molecule has 2 aromatic rings. The van der Waals surface area contributed by atoms with Gasteiger partial charge in [-0.3, -0.25) is 4.90 Å². The van der Waals surface area contributed by atoms with Crippen LogP contribution >= 0.6 is 0 Å². The maximum absolute atomic E-state index is 12.2. The molecule has 4 nitrogen and oxygen atoms in total. The maximum atomic E-state index is 12.2. The molecule has 0 aliphatic rings. The van der Waals surface area contributed by atoms with Gasteiger partial charge >= 0.3 is 5.97 Å². The second-order valence-corrected chi connectivity index (χ2v) is 8.38. The Kier molecular flexibility index (Phi) is 8.82. The van der Waals surface area contributed by atoms with Gasteiger partial charge in [-0.05, 0) is 70.8 Å². The summed E-state index contributed by atoms with van der Waals surface area (Å²) in [6.07, 6.45) is 0.868. The van der Waals surface area contributed by atoms with E-state index in [0.29, 0.717) is 23.4 Å². The van der Waals surface area contributed by atoms with E-state index in [1.807, 2.05) is 24.3 Å². The first-order valence-electron chi connectivity index (χ1n) is 10.7. The Balaban J connectivity index is 2.49. The minimum Gasteiger partial charge on any atom is -0.423 e. The second-order valence-electron chi connectivity index (χ2n) is 8.38. The van der Waals surface area contributed by atoms with E-state index >= 15 is 0 Å². The molecule has 1 unspecified atom stereocenters. The zero-order chi connectivity index (χ0) is 22.3. The van der Waals surface area contributed by atoms with Crippen molar-refractivity contribution < 1.29 is 14.6 Å². The molecule has 0 amide bonds. The molecular formula is C26H35NO3. The van der Waals surface area contributed by atoms with Gasteiger partial charge in [0, 0.05) is 29.1 Å². The van der Waals surface area contributed by atoms with E-state index in [2.05, 4.69) is 51.3 Å². The van der Waals surface area contributed by atoms with Crippen LogP contribution in [-0.2, 0) is 11.4 Å². The molecule has 162 valence electrons. The predicted octanol–water partition coefficient (Wildman–Crippen LogP) is 5.30. The van der Waals surface area contributed by atoms with E-state index in [1.165, 1.54) is 0 Å². The van der Waals surface area contributed by atoms with E-state index in [1.54, 1.807) is 19.1 Å². The Bertz CT molecular complexity index is 835. The lowest BCUT2D eigenvalue weighted by molar-refractivity contribution is -0.130. The third-order valence-electron chi connectivity index (χ3n) is 5.39. The molecule has 0 saturated carbocycles. The normalized spacial score (nSPS) is 12.4. The summed E-state index contributed by atoms with van der Waals surface area (Å²) in [6, 6.07) is 16.7. The van der Waals surface area contributed by atoms with E-state index in [-0.39, 0.29) is 12.5 Å². The fourth-order valence-electron chi connectivity index (χ4n) is 3.83. The zero-order valence-corrected chi connectivity index (χ0v) is 18.9. The van der Waals surface area contributed by atoms with Crippen molar-refractivity contribution in [1.29, 1.82) is 0 Å². The number of benzene rings is 2. The molecule has 0 heterocycles. The summed E-state index contributed by atoms with van der Waals surface area (Å²) in [7, 11) is 0. The average molecular weight is 410 g/mol. The summed E-state index contributed by atoms with van der Waals surface area (Å²) < 4.78 is 5.68. The Hall–Kier alpha value is -2.43. The molecular weight excluding hydrogens is 374 g/mol. The monoisotopic (exact) mass is 409 g/mol. The van der Waals surface area contributed by atoms with Crippen LogP contribution in [0.5, 0.6) is 5.75 Å². The Morgan fingerprint density at radius 3 is 2.23 bits per heavy atom. The van der Waals surface area contributed by atoms with Crippen molar-refractivity contribution in [2.75, 3.05) is 6.54 Å². The SMILES string of the molecule is C=C(C)C(=O)Oc1ccc(CO)cc1C(CCN(C(C)C)C(C)C)c1ccccc1. The highest BCUT2D eigenvalue weighted by Gasteiger charge is 2.23. The summed E-state index contributed by atoms with van der Waals surface area (Å²) in [4.78, 5) is 14.7. The highest BCUT2D eigenvalue weighted by Crippen LogP contribution is 2.36. The number of rotatable bonds is 10. The van der Waals surface area contributed by atoms with Gasteiger partial charge in [0.2, 0.25) is 0 Å². The third-order valence-corrected chi connectivity index (χ3v) is 5.39. The van der Waals surface area contributed by atoms with E-state index in [9.17, 15) is 9.90 Å². The average Bonchev–Trinajstić information content (AvgIpc) is 2.71. The van der Waals surface area contributed by atoms with Crippen molar-refractivity contribution in [3.63, 3.8) is 0 Å². The molecule has 1 atom stereocenters. The molecule has 0 bridgehead atoms. The molecule has 0 spiro atoms. The van der Waals surface area contributed by atoms with Crippen molar-refractivity contribution in [2.45, 2.75) is 65.6 Å². The number of aliphatic hydroxyl groups excluding tert-OH is 1. The van der Waals surface area contributed by atoms with Crippen LogP contribution in [0.4, 0.5) is 0 Å².